The summed E-state index contributed by atoms with van der Waals surface area (Å²) in [4.78, 5) is 20.4. The summed E-state index contributed by atoms with van der Waals surface area (Å²) in [5.41, 5.74) is 7.10. The van der Waals surface area contributed by atoms with Crippen molar-refractivity contribution in [3.8, 4) is 5.75 Å². The Morgan fingerprint density at radius 2 is 1.92 bits per heavy atom. The van der Waals surface area contributed by atoms with Crippen molar-refractivity contribution >= 4 is 30.6 Å². The Morgan fingerprint density at radius 1 is 1.19 bits per heavy atom. The number of rotatable bonds is 9. The van der Waals surface area contributed by atoms with Crippen LogP contribution in [0.15, 0.2) is 48.9 Å². The van der Waals surface area contributed by atoms with Crippen LogP contribution in [0.5, 0.6) is 5.75 Å². The second kappa shape index (κ2) is 10.5. The van der Waals surface area contributed by atoms with E-state index < -0.39 is 50.4 Å². The highest BCUT2D eigenvalue weighted by Gasteiger charge is 2.49. The molecule has 0 bridgehead atoms. The van der Waals surface area contributed by atoms with Gasteiger partial charge >= 0.3 is 13.7 Å². The maximum absolute atomic E-state index is 13.7. The number of hydrogen-bond acceptors (Lipinski definition) is 11. The van der Waals surface area contributed by atoms with E-state index >= 15 is 0 Å². The maximum atomic E-state index is 13.7. The van der Waals surface area contributed by atoms with E-state index in [1.165, 1.54) is 38.0 Å². The lowest BCUT2D eigenvalue weighted by Crippen LogP contribution is -2.41. The first-order chi connectivity index (χ1) is 17.1. The quantitative estimate of drug-likeness (QED) is 0.235. The Morgan fingerprint density at radius 3 is 2.61 bits per heavy atom. The van der Waals surface area contributed by atoms with Gasteiger partial charge in [-0.3, -0.25) is 13.9 Å². The van der Waals surface area contributed by atoms with Crippen molar-refractivity contribution in [1.82, 2.24) is 19.6 Å². The molecular weight excluding hydrogens is 493 g/mol. The molecule has 0 amide bonds. The first-order valence-electron chi connectivity index (χ1n) is 11.1. The molecule has 7 atom stereocenters. The summed E-state index contributed by atoms with van der Waals surface area (Å²) in [7, 11) is -3.02. The molecule has 1 fully saturated rings. The third kappa shape index (κ3) is 5.21. The summed E-state index contributed by atoms with van der Waals surface area (Å²) >= 11 is 0. The third-order valence-corrected chi connectivity index (χ3v) is 7.45. The molecule has 0 saturated carbocycles. The molecule has 3 heterocycles. The Labute approximate surface area is 206 Å². The summed E-state index contributed by atoms with van der Waals surface area (Å²) in [6.45, 7) is 2.93. The van der Waals surface area contributed by atoms with Gasteiger partial charge in [0.25, 0.3) is 0 Å². The number of carbonyl (C=O) groups is 1. The van der Waals surface area contributed by atoms with Crippen LogP contribution in [-0.2, 0) is 23.4 Å². The number of pyridine rings is 1. The van der Waals surface area contributed by atoms with Gasteiger partial charge in [-0.15, -0.1) is 0 Å². The van der Waals surface area contributed by atoms with Gasteiger partial charge < -0.3 is 29.9 Å². The molecule has 1 aliphatic heterocycles. The van der Waals surface area contributed by atoms with Crippen LogP contribution in [-0.4, -0.2) is 68.3 Å². The van der Waals surface area contributed by atoms with Crippen molar-refractivity contribution < 1.29 is 38.1 Å². The molecule has 2 aromatic heterocycles. The Balaban J connectivity index is 1.56. The van der Waals surface area contributed by atoms with Crippen molar-refractivity contribution in [3.05, 3.63) is 48.9 Å². The number of fused-ring (bicyclic) bond motifs is 1. The molecule has 1 saturated heterocycles. The van der Waals surface area contributed by atoms with E-state index in [-0.39, 0.29) is 5.75 Å². The fourth-order valence-electron chi connectivity index (χ4n) is 3.89. The molecule has 1 aromatic carbocycles. The lowest BCUT2D eigenvalue weighted by Gasteiger charge is -2.28. The van der Waals surface area contributed by atoms with Crippen LogP contribution in [0.2, 0.25) is 0 Å². The number of nitrogens with two attached hydrogens (primary N) is 1. The molecule has 194 valence electrons. The minimum Gasteiger partial charge on any atom is -0.468 e. The van der Waals surface area contributed by atoms with E-state index in [9.17, 15) is 19.6 Å². The Hall–Kier alpha value is -3.06. The molecule has 3 aromatic rings. The molecule has 5 N–H and O–H groups in total. The van der Waals surface area contributed by atoms with Gasteiger partial charge in [0, 0.05) is 6.20 Å². The van der Waals surface area contributed by atoms with Crippen molar-refractivity contribution in [2.45, 2.75) is 50.5 Å². The lowest BCUT2D eigenvalue weighted by atomic mass is 10.1. The van der Waals surface area contributed by atoms with E-state index in [1.807, 2.05) is 0 Å². The number of ether oxygens (including phenoxy) is 2. The van der Waals surface area contributed by atoms with Crippen LogP contribution in [0, 0.1) is 0 Å². The van der Waals surface area contributed by atoms with E-state index in [4.69, 9.17) is 19.5 Å². The van der Waals surface area contributed by atoms with Crippen LogP contribution < -0.4 is 15.3 Å². The van der Waals surface area contributed by atoms with Crippen LogP contribution in [0.3, 0.4) is 0 Å². The van der Waals surface area contributed by atoms with Gasteiger partial charge in [-0.2, -0.15) is 5.09 Å². The third-order valence-electron chi connectivity index (χ3n) is 5.68. The van der Waals surface area contributed by atoms with Crippen molar-refractivity contribution in [2.24, 2.45) is 0 Å². The number of aromatic nitrogens is 3. The predicted molar refractivity (Wildman–Crippen MR) is 128 cm³/mol. The summed E-state index contributed by atoms with van der Waals surface area (Å²) in [5.74, 6) is -0.466. The normalized spacial score (nSPS) is 25.2. The van der Waals surface area contributed by atoms with E-state index in [0.29, 0.717) is 16.9 Å². The van der Waals surface area contributed by atoms with Crippen LogP contribution in [0.25, 0.3) is 11.2 Å². The maximum Gasteiger partial charge on any atom is 0.459 e. The standard InChI is InChI=1S/C22H28N5O8P/c1-12(22(30)32-3)26-36(31,35-14-7-5-4-6-8-14)34-13(2)19-17(28)18(29)21(33-19)27-11-25-16-15(23)9-10-24-20(16)27/h4-13,17-19,21,28-29H,1-3H3,(H2,23,24)(H,26,31)/t12?,13?,17?,18-,19+,21+,36?/m0/s1. The van der Waals surface area contributed by atoms with Gasteiger partial charge in [0.05, 0.1) is 25.2 Å². The number of imidazole rings is 1. The number of aliphatic hydroxyl groups is 2. The fourth-order valence-corrected chi connectivity index (χ4v) is 5.58. The average Bonchev–Trinajstić information content (AvgIpc) is 3.40. The zero-order valence-corrected chi connectivity index (χ0v) is 20.7. The number of benzene rings is 1. The molecule has 36 heavy (non-hydrogen) atoms. The van der Waals surface area contributed by atoms with Gasteiger partial charge in [-0.1, -0.05) is 18.2 Å². The zero-order valence-electron chi connectivity index (χ0n) is 19.8. The molecule has 0 radical (unpaired) electrons. The van der Waals surface area contributed by atoms with Crippen molar-refractivity contribution in [1.29, 1.82) is 0 Å². The van der Waals surface area contributed by atoms with E-state index in [0.717, 1.165) is 0 Å². The van der Waals surface area contributed by atoms with Crippen LogP contribution in [0.1, 0.15) is 20.1 Å². The van der Waals surface area contributed by atoms with E-state index in [1.54, 1.807) is 36.4 Å². The van der Waals surface area contributed by atoms with Gasteiger partial charge in [0.2, 0.25) is 0 Å². The molecule has 13 nitrogen and oxygen atoms in total. The molecule has 1 aliphatic rings. The number of aliphatic hydroxyl groups excluding tert-OH is 2. The van der Waals surface area contributed by atoms with Crippen molar-refractivity contribution in [3.63, 3.8) is 0 Å². The SMILES string of the molecule is COC(=O)C(C)NP(=O)(Oc1ccccc1)OC(C)[C@H]1O[C@@H](n2cnc3c(N)ccnc32)[C@@H](O)C1O. The van der Waals surface area contributed by atoms with Gasteiger partial charge in [0.15, 0.2) is 11.9 Å². The van der Waals surface area contributed by atoms with E-state index in [2.05, 4.69) is 19.8 Å². The van der Waals surface area contributed by atoms with Crippen LogP contribution in [0.4, 0.5) is 5.69 Å². The minimum absolute atomic E-state index is 0.219. The summed E-state index contributed by atoms with van der Waals surface area (Å²) < 4.78 is 37.1. The predicted octanol–water partition coefficient (Wildman–Crippen LogP) is 1.38. The topological polar surface area (TPSA) is 180 Å². The van der Waals surface area contributed by atoms with Gasteiger partial charge in [0.1, 0.15) is 35.6 Å². The average molecular weight is 521 g/mol. The molecule has 4 unspecified atom stereocenters. The zero-order chi connectivity index (χ0) is 26.0. The second-order valence-electron chi connectivity index (χ2n) is 8.28. The highest BCUT2D eigenvalue weighted by Crippen LogP contribution is 2.48. The number of esters is 1. The Bertz CT molecular complexity index is 1260. The largest absolute Gasteiger partial charge is 0.468 e. The summed E-state index contributed by atoms with van der Waals surface area (Å²) in [6, 6.07) is 8.77. The smallest absolute Gasteiger partial charge is 0.459 e. The number of carbonyl (C=O) groups excluding carboxylic acids is 1. The number of nitrogens with one attached hydrogen (secondary N) is 1. The highest BCUT2D eigenvalue weighted by atomic mass is 31.2. The molecule has 4 rings (SSSR count). The number of methoxy groups -OCH3 is 1. The molecule has 0 aliphatic carbocycles. The van der Waals surface area contributed by atoms with Crippen molar-refractivity contribution in [2.75, 3.05) is 12.8 Å². The molecular formula is C22H28N5O8P. The first-order valence-corrected chi connectivity index (χ1v) is 12.6. The molecule has 0 spiro atoms. The van der Waals surface area contributed by atoms with Gasteiger partial charge in [-0.05, 0) is 32.0 Å². The first kappa shape index (κ1) is 26.0. The number of para-hydroxylation sites is 1. The lowest BCUT2D eigenvalue weighted by molar-refractivity contribution is -0.142. The van der Waals surface area contributed by atoms with Gasteiger partial charge in [-0.25, -0.2) is 14.5 Å². The number of nitrogen functional groups attached to an aromatic ring is 1. The number of nitrogens with zero attached hydrogens (tertiary/aromatic N) is 3. The number of anilines is 1. The molecule has 14 heteroatoms. The Kier molecular flexibility index (Phi) is 7.59. The minimum atomic E-state index is -4.22. The summed E-state index contributed by atoms with van der Waals surface area (Å²) in [6.07, 6.45) is -3.21. The van der Waals surface area contributed by atoms with Crippen LogP contribution >= 0.6 is 7.75 Å². The number of hydrogen-bond donors (Lipinski definition) is 4. The fraction of sp³-hybridized carbons (Fsp3) is 0.409. The highest BCUT2D eigenvalue weighted by molar-refractivity contribution is 7.52. The summed E-state index contributed by atoms with van der Waals surface area (Å²) in [5, 5.41) is 24.0. The second-order valence-corrected chi connectivity index (χ2v) is 9.93. The monoisotopic (exact) mass is 521 g/mol.